The van der Waals surface area contributed by atoms with Crippen molar-refractivity contribution in [2.75, 3.05) is 27.2 Å². The van der Waals surface area contributed by atoms with Crippen molar-refractivity contribution in [3.05, 3.63) is 0 Å². The van der Waals surface area contributed by atoms with Gasteiger partial charge in [0.25, 0.3) is 0 Å². The molecule has 1 saturated heterocycles. The Bertz CT molecular complexity index is 351. The van der Waals surface area contributed by atoms with Crippen LogP contribution >= 0.6 is 0 Å². The zero-order valence-corrected chi connectivity index (χ0v) is 12.2. The van der Waals surface area contributed by atoms with Gasteiger partial charge in [-0.3, -0.25) is 4.79 Å². The summed E-state index contributed by atoms with van der Waals surface area (Å²) in [6.45, 7) is 1.86. The summed E-state index contributed by atoms with van der Waals surface area (Å²) < 4.78 is 0. The van der Waals surface area contributed by atoms with E-state index in [2.05, 4.69) is 29.6 Å². The molecule has 0 bridgehead atoms. The summed E-state index contributed by atoms with van der Waals surface area (Å²) in [5, 5.41) is 6.65. The maximum absolute atomic E-state index is 12.4. The Hall–Kier alpha value is -0.610. The molecule has 0 spiro atoms. The van der Waals surface area contributed by atoms with Crippen LogP contribution < -0.4 is 10.6 Å². The quantitative estimate of drug-likeness (QED) is 0.796. The third-order valence-corrected chi connectivity index (χ3v) is 5.85. The van der Waals surface area contributed by atoms with Crippen LogP contribution in [0.25, 0.3) is 0 Å². The molecule has 3 atom stereocenters. The molecule has 0 aromatic carbocycles. The van der Waals surface area contributed by atoms with Gasteiger partial charge in [-0.25, -0.2) is 0 Å². The maximum Gasteiger partial charge on any atom is 0.237 e. The zero-order valence-electron chi connectivity index (χ0n) is 12.2. The van der Waals surface area contributed by atoms with Crippen LogP contribution in [-0.4, -0.2) is 49.6 Å². The lowest BCUT2D eigenvalue weighted by atomic mass is 9.75. The number of fused-ring (bicyclic) bond motifs is 1. The van der Waals surface area contributed by atoms with Crippen LogP contribution in [0.15, 0.2) is 0 Å². The second-order valence-electron chi connectivity index (χ2n) is 6.93. The predicted molar refractivity (Wildman–Crippen MR) is 75.9 cm³/mol. The zero-order chi connectivity index (χ0) is 13.5. The van der Waals surface area contributed by atoms with Gasteiger partial charge in [0.15, 0.2) is 0 Å². The number of hydrogen-bond donors (Lipinski definition) is 2. The lowest BCUT2D eigenvalue weighted by Gasteiger charge is -2.47. The van der Waals surface area contributed by atoms with Gasteiger partial charge in [-0.05, 0) is 64.6 Å². The molecule has 0 radical (unpaired) electrons. The Morgan fingerprint density at radius 1 is 1.32 bits per heavy atom. The molecule has 3 aliphatic rings. The molecule has 0 aromatic rings. The summed E-state index contributed by atoms with van der Waals surface area (Å²) >= 11 is 0. The fraction of sp³-hybridized carbons (Fsp3) is 0.933. The summed E-state index contributed by atoms with van der Waals surface area (Å²) in [6, 6.07) is 0.0757. The minimum absolute atomic E-state index is 0.0757. The van der Waals surface area contributed by atoms with Crippen molar-refractivity contribution in [2.24, 2.45) is 11.8 Å². The standard InChI is InChI=1S/C15H27N3O/c1-18(2)15(7-4-8-15)10-17-14(19)13-12-6-3-5-11(12)9-16-13/h11-13,16H,3-10H2,1-2H3,(H,17,19). The predicted octanol–water partition coefficient (Wildman–Crippen LogP) is 0.975. The highest BCUT2D eigenvalue weighted by Gasteiger charge is 2.44. The van der Waals surface area contributed by atoms with E-state index in [0.717, 1.165) is 19.0 Å². The fourth-order valence-electron chi connectivity index (χ4n) is 4.20. The third-order valence-electron chi connectivity index (χ3n) is 5.85. The molecule has 19 heavy (non-hydrogen) atoms. The second kappa shape index (κ2) is 5.06. The molecule has 0 aromatic heterocycles. The molecule has 4 nitrogen and oxygen atoms in total. The molecular weight excluding hydrogens is 238 g/mol. The van der Waals surface area contributed by atoms with Gasteiger partial charge in [0.2, 0.25) is 5.91 Å². The number of carbonyl (C=O) groups excluding carboxylic acids is 1. The molecule has 1 amide bonds. The third kappa shape index (κ3) is 2.29. The maximum atomic E-state index is 12.4. The Morgan fingerprint density at radius 3 is 2.74 bits per heavy atom. The van der Waals surface area contributed by atoms with Crippen LogP contribution in [0, 0.1) is 11.8 Å². The Balaban J connectivity index is 1.54. The van der Waals surface area contributed by atoms with Crippen LogP contribution in [0.4, 0.5) is 0 Å². The van der Waals surface area contributed by atoms with Crippen LogP contribution in [0.5, 0.6) is 0 Å². The number of nitrogens with zero attached hydrogens (tertiary/aromatic N) is 1. The first-order valence-corrected chi connectivity index (χ1v) is 7.81. The van der Waals surface area contributed by atoms with E-state index in [1.54, 1.807) is 0 Å². The number of carbonyl (C=O) groups is 1. The van der Waals surface area contributed by atoms with Gasteiger partial charge in [0.05, 0.1) is 6.04 Å². The van der Waals surface area contributed by atoms with Gasteiger partial charge in [0, 0.05) is 12.1 Å². The number of hydrogen-bond acceptors (Lipinski definition) is 3. The normalized spacial score (nSPS) is 36.1. The first kappa shape index (κ1) is 13.4. The molecule has 4 heteroatoms. The fourth-order valence-corrected chi connectivity index (χ4v) is 4.20. The lowest BCUT2D eigenvalue weighted by Crippen LogP contribution is -2.59. The lowest BCUT2D eigenvalue weighted by molar-refractivity contribution is -0.124. The molecule has 2 saturated carbocycles. The van der Waals surface area contributed by atoms with Crippen molar-refractivity contribution in [3.8, 4) is 0 Å². The second-order valence-corrected chi connectivity index (χ2v) is 6.93. The van der Waals surface area contributed by atoms with Crippen molar-refractivity contribution >= 4 is 5.91 Å². The number of likely N-dealkylation sites (N-methyl/N-ethyl adjacent to an activating group) is 1. The molecule has 2 N–H and O–H groups in total. The number of rotatable bonds is 4. The summed E-state index contributed by atoms with van der Waals surface area (Å²) in [4.78, 5) is 14.7. The average molecular weight is 265 g/mol. The highest BCUT2D eigenvalue weighted by molar-refractivity contribution is 5.82. The van der Waals surface area contributed by atoms with E-state index in [0.29, 0.717) is 5.92 Å². The molecule has 2 aliphatic carbocycles. The summed E-state index contributed by atoms with van der Waals surface area (Å²) in [5.41, 5.74) is 0.226. The minimum Gasteiger partial charge on any atom is -0.353 e. The van der Waals surface area contributed by atoms with Crippen LogP contribution in [0.3, 0.4) is 0 Å². The van der Waals surface area contributed by atoms with Gasteiger partial charge >= 0.3 is 0 Å². The van der Waals surface area contributed by atoms with E-state index >= 15 is 0 Å². The van der Waals surface area contributed by atoms with Crippen molar-refractivity contribution in [1.29, 1.82) is 0 Å². The van der Waals surface area contributed by atoms with Gasteiger partial charge in [-0.2, -0.15) is 0 Å². The van der Waals surface area contributed by atoms with Gasteiger partial charge in [-0.1, -0.05) is 6.42 Å². The van der Waals surface area contributed by atoms with Gasteiger partial charge in [0.1, 0.15) is 0 Å². The van der Waals surface area contributed by atoms with Crippen molar-refractivity contribution < 1.29 is 4.79 Å². The number of nitrogens with one attached hydrogen (secondary N) is 2. The van der Waals surface area contributed by atoms with E-state index in [-0.39, 0.29) is 17.5 Å². The molecule has 108 valence electrons. The van der Waals surface area contributed by atoms with E-state index in [1.165, 1.54) is 38.5 Å². The van der Waals surface area contributed by atoms with Gasteiger partial charge in [-0.15, -0.1) is 0 Å². The molecule has 3 unspecified atom stereocenters. The largest absolute Gasteiger partial charge is 0.353 e. The van der Waals surface area contributed by atoms with Gasteiger partial charge < -0.3 is 15.5 Å². The van der Waals surface area contributed by atoms with Crippen LogP contribution in [0.1, 0.15) is 38.5 Å². The molecule has 1 heterocycles. The molecule has 3 rings (SSSR count). The highest BCUT2D eigenvalue weighted by Crippen LogP contribution is 2.38. The summed E-state index contributed by atoms with van der Waals surface area (Å²) in [5.74, 6) is 1.58. The van der Waals surface area contributed by atoms with Crippen molar-refractivity contribution in [1.82, 2.24) is 15.5 Å². The average Bonchev–Trinajstić information content (AvgIpc) is 2.87. The molecule has 1 aliphatic heterocycles. The van der Waals surface area contributed by atoms with E-state index in [9.17, 15) is 4.79 Å². The van der Waals surface area contributed by atoms with Crippen LogP contribution in [0.2, 0.25) is 0 Å². The highest BCUT2D eigenvalue weighted by atomic mass is 16.2. The van der Waals surface area contributed by atoms with Crippen molar-refractivity contribution in [2.45, 2.75) is 50.1 Å². The number of amides is 1. The van der Waals surface area contributed by atoms with E-state index in [1.807, 2.05) is 0 Å². The monoisotopic (exact) mass is 265 g/mol. The summed E-state index contributed by atoms with van der Waals surface area (Å²) in [7, 11) is 4.26. The first-order chi connectivity index (χ1) is 9.12. The Morgan fingerprint density at radius 2 is 2.11 bits per heavy atom. The first-order valence-electron chi connectivity index (χ1n) is 7.81. The topological polar surface area (TPSA) is 44.4 Å². The van der Waals surface area contributed by atoms with E-state index in [4.69, 9.17) is 0 Å². The van der Waals surface area contributed by atoms with Crippen molar-refractivity contribution in [3.63, 3.8) is 0 Å². The smallest absolute Gasteiger partial charge is 0.237 e. The minimum atomic E-state index is 0.0757. The SMILES string of the molecule is CN(C)C1(CNC(=O)C2NCC3CCCC32)CCC1. The summed E-state index contributed by atoms with van der Waals surface area (Å²) in [6.07, 6.45) is 7.56. The Kier molecular flexibility index (Phi) is 3.56. The Labute approximate surface area is 116 Å². The molecular formula is C15H27N3O. The molecule has 3 fully saturated rings. The van der Waals surface area contributed by atoms with E-state index < -0.39 is 0 Å². The van der Waals surface area contributed by atoms with Crippen LogP contribution in [-0.2, 0) is 4.79 Å².